The van der Waals surface area contributed by atoms with Crippen LogP contribution in [0.15, 0.2) is 47.2 Å². The number of fused-ring (bicyclic) bond motifs is 1. The maximum atomic E-state index is 12.4. The zero-order valence-corrected chi connectivity index (χ0v) is 14.3. The van der Waals surface area contributed by atoms with E-state index in [1.807, 2.05) is 41.8 Å². The first-order valence-corrected chi connectivity index (χ1v) is 8.62. The van der Waals surface area contributed by atoms with Crippen LogP contribution in [0.4, 0.5) is 0 Å². The van der Waals surface area contributed by atoms with Gasteiger partial charge in [-0.15, -0.1) is 21.5 Å². The lowest BCUT2D eigenvalue weighted by molar-refractivity contribution is 0.0949. The molecule has 0 atom stereocenters. The molecule has 0 spiro atoms. The molecule has 4 rings (SSSR count). The highest BCUT2D eigenvalue weighted by Gasteiger charge is 2.17. The van der Waals surface area contributed by atoms with E-state index in [4.69, 9.17) is 4.42 Å². The summed E-state index contributed by atoms with van der Waals surface area (Å²) in [6, 6.07) is 9.36. The smallest absolute Gasteiger partial charge is 0.271 e. The molecule has 25 heavy (non-hydrogen) atoms. The summed E-state index contributed by atoms with van der Waals surface area (Å²) >= 11 is 1.44. The molecule has 7 nitrogen and oxygen atoms in total. The van der Waals surface area contributed by atoms with Gasteiger partial charge in [0.15, 0.2) is 16.4 Å². The summed E-state index contributed by atoms with van der Waals surface area (Å²) in [5.74, 6) is 1.28. The molecule has 0 saturated heterocycles. The van der Waals surface area contributed by atoms with Crippen LogP contribution in [-0.2, 0) is 6.42 Å². The molecule has 0 aliphatic carbocycles. The molecular formula is C17H15N5O2S. The molecule has 1 amide bonds. The molecule has 8 heteroatoms. The van der Waals surface area contributed by atoms with Crippen LogP contribution in [0.1, 0.15) is 21.2 Å². The number of thiazole rings is 1. The number of aryl methyl sites for hydroxylation is 1. The first-order valence-electron chi connectivity index (χ1n) is 7.80. The van der Waals surface area contributed by atoms with Gasteiger partial charge in [0.1, 0.15) is 11.5 Å². The standard InChI is InChI=1S/C17H15N5O2S/c1-11-15(19-17(25-11)12-5-4-10-24-12)16(23)18-8-7-14-21-20-13-6-2-3-9-22(13)14/h2-6,9-10H,7-8H2,1H3,(H,18,23). The molecule has 0 unspecified atom stereocenters. The van der Waals surface area contributed by atoms with Crippen molar-refractivity contribution in [2.75, 3.05) is 6.54 Å². The lowest BCUT2D eigenvalue weighted by Crippen LogP contribution is -2.27. The van der Waals surface area contributed by atoms with E-state index >= 15 is 0 Å². The summed E-state index contributed by atoms with van der Waals surface area (Å²) < 4.78 is 7.25. The summed E-state index contributed by atoms with van der Waals surface area (Å²) in [6.07, 6.45) is 4.09. The van der Waals surface area contributed by atoms with Crippen molar-refractivity contribution >= 4 is 22.9 Å². The number of carbonyl (C=O) groups is 1. The van der Waals surface area contributed by atoms with E-state index in [2.05, 4.69) is 20.5 Å². The van der Waals surface area contributed by atoms with Crippen molar-refractivity contribution in [1.82, 2.24) is 24.9 Å². The Morgan fingerprint density at radius 1 is 1.28 bits per heavy atom. The van der Waals surface area contributed by atoms with Gasteiger partial charge in [0.2, 0.25) is 0 Å². The molecule has 4 aromatic heterocycles. The van der Waals surface area contributed by atoms with E-state index in [1.165, 1.54) is 11.3 Å². The monoisotopic (exact) mass is 353 g/mol. The van der Waals surface area contributed by atoms with Gasteiger partial charge < -0.3 is 9.73 Å². The molecule has 1 N–H and O–H groups in total. The van der Waals surface area contributed by atoms with Crippen molar-refractivity contribution in [3.63, 3.8) is 0 Å². The van der Waals surface area contributed by atoms with Crippen LogP contribution in [0.2, 0.25) is 0 Å². The molecule has 0 aromatic carbocycles. The van der Waals surface area contributed by atoms with Crippen LogP contribution >= 0.6 is 11.3 Å². The number of amides is 1. The van der Waals surface area contributed by atoms with E-state index in [0.29, 0.717) is 29.4 Å². The first-order chi connectivity index (χ1) is 12.2. The highest BCUT2D eigenvalue weighted by molar-refractivity contribution is 7.15. The van der Waals surface area contributed by atoms with Crippen LogP contribution in [0, 0.1) is 6.92 Å². The Hall–Kier alpha value is -3.00. The van der Waals surface area contributed by atoms with E-state index in [0.717, 1.165) is 16.3 Å². The quantitative estimate of drug-likeness (QED) is 0.596. The van der Waals surface area contributed by atoms with Gasteiger partial charge in [-0.1, -0.05) is 6.07 Å². The van der Waals surface area contributed by atoms with E-state index in [9.17, 15) is 4.79 Å². The van der Waals surface area contributed by atoms with Crippen molar-refractivity contribution in [3.8, 4) is 10.8 Å². The summed E-state index contributed by atoms with van der Waals surface area (Å²) in [5.41, 5.74) is 1.23. The van der Waals surface area contributed by atoms with Crippen LogP contribution < -0.4 is 5.32 Å². The van der Waals surface area contributed by atoms with Gasteiger partial charge in [-0.3, -0.25) is 9.20 Å². The Balaban J connectivity index is 1.42. The number of aromatic nitrogens is 4. The molecule has 0 saturated carbocycles. The second-order valence-corrected chi connectivity index (χ2v) is 6.66. The van der Waals surface area contributed by atoms with Crippen molar-refractivity contribution in [3.05, 3.63) is 59.2 Å². The Labute approximate surface area is 147 Å². The molecule has 0 bridgehead atoms. The van der Waals surface area contributed by atoms with Crippen molar-refractivity contribution in [2.24, 2.45) is 0 Å². The fraction of sp³-hybridized carbons (Fsp3) is 0.176. The van der Waals surface area contributed by atoms with Crippen molar-refractivity contribution in [2.45, 2.75) is 13.3 Å². The third kappa shape index (κ3) is 3.03. The lowest BCUT2D eigenvalue weighted by Gasteiger charge is -2.03. The summed E-state index contributed by atoms with van der Waals surface area (Å²) in [4.78, 5) is 17.7. The largest absolute Gasteiger partial charge is 0.462 e. The van der Waals surface area contributed by atoms with Gasteiger partial charge in [0.25, 0.3) is 5.91 Å². The van der Waals surface area contributed by atoms with Crippen LogP contribution in [-0.4, -0.2) is 32.0 Å². The lowest BCUT2D eigenvalue weighted by atomic mass is 10.3. The van der Waals surface area contributed by atoms with E-state index in [-0.39, 0.29) is 5.91 Å². The van der Waals surface area contributed by atoms with E-state index < -0.39 is 0 Å². The van der Waals surface area contributed by atoms with Gasteiger partial charge in [-0.05, 0) is 31.2 Å². The zero-order chi connectivity index (χ0) is 17.2. The van der Waals surface area contributed by atoms with Gasteiger partial charge >= 0.3 is 0 Å². The van der Waals surface area contributed by atoms with Gasteiger partial charge in [0, 0.05) is 24.0 Å². The maximum Gasteiger partial charge on any atom is 0.271 e. The number of hydrogen-bond acceptors (Lipinski definition) is 6. The second-order valence-electron chi connectivity index (χ2n) is 5.45. The molecular weight excluding hydrogens is 338 g/mol. The number of nitrogens with zero attached hydrogens (tertiary/aromatic N) is 4. The van der Waals surface area contributed by atoms with E-state index in [1.54, 1.807) is 12.3 Å². The number of pyridine rings is 1. The SMILES string of the molecule is Cc1sc(-c2ccco2)nc1C(=O)NCCc1nnc2ccccn12. The average Bonchev–Trinajstić information content (AvgIpc) is 3.34. The minimum Gasteiger partial charge on any atom is -0.462 e. The third-order valence-electron chi connectivity index (χ3n) is 3.76. The number of furan rings is 1. The zero-order valence-electron chi connectivity index (χ0n) is 13.5. The Morgan fingerprint density at radius 3 is 3.04 bits per heavy atom. The van der Waals surface area contributed by atoms with Crippen molar-refractivity contribution < 1.29 is 9.21 Å². The molecule has 4 aromatic rings. The van der Waals surface area contributed by atoms with Gasteiger partial charge in [-0.25, -0.2) is 4.98 Å². The molecule has 0 aliphatic heterocycles. The minimum absolute atomic E-state index is 0.194. The molecule has 0 radical (unpaired) electrons. The normalized spacial score (nSPS) is 11.1. The number of rotatable bonds is 5. The highest BCUT2D eigenvalue weighted by Crippen LogP contribution is 2.27. The van der Waals surface area contributed by atoms with Crippen LogP contribution in [0.3, 0.4) is 0 Å². The number of carbonyl (C=O) groups excluding carboxylic acids is 1. The minimum atomic E-state index is -0.194. The number of nitrogens with one attached hydrogen (secondary N) is 1. The molecule has 0 fully saturated rings. The number of hydrogen-bond donors (Lipinski definition) is 1. The van der Waals surface area contributed by atoms with Crippen LogP contribution in [0.25, 0.3) is 16.4 Å². The summed E-state index contributed by atoms with van der Waals surface area (Å²) in [5, 5.41) is 11.9. The predicted molar refractivity (Wildman–Crippen MR) is 93.6 cm³/mol. The van der Waals surface area contributed by atoms with Gasteiger partial charge in [-0.2, -0.15) is 0 Å². The summed E-state index contributed by atoms with van der Waals surface area (Å²) in [7, 11) is 0. The van der Waals surface area contributed by atoms with Crippen LogP contribution in [0.5, 0.6) is 0 Å². The predicted octanol–water partition coefficient (Wildman–Crippen LogP) is 2.73. The third-order valence-corrected chi connectivity index (χ3v) is 4.75. The molecule has 4 heterocycles. The van der Waals surface area contributed by atoms with Crippen molar-refractivity contribution in [1.29, 1.82) is 0 Å². The molecule has 0 aliphatic rings. The average molecular weight is 353 g/mol. The molecule has 126 valence electrons. The Bertz CT molecular complexity index is 1020. The maximum absolute atomic E-state index is 12.4. The summed E-state index contributed by atoms with van der Waals surface area (Å²) in [6.45, 7) is 2.34. The first kappa shape index (κ1) is 15.5. The second kappa shape index (κ2) is 6.48. The highest BCUT2D eigenvalue weighted by atomic mass is 32.1. The fourth-order valence-corrected chi connectivity index (χ4v) is 3.42. The Kier molecular flexibility index (Phi) is 4.02. The Morgan fingerprint density at radius 2 is 2.20 bits per heavy atom. The van der Waals surface area contributed by atoms with Gasteiger partial charge in [0.05, 0.1) is 6.26 Å². The topological polar surface area (TPSA) is 85.3 Å². The fourth-order valence-electron chi connectivity index (χ4n) is 2.55.